The number of nitriles is 1. The van der Waals surface area contributed by atoms with Gasteiger partial charge < -0.3 is 23.7 Å². The minimum absolute atomic E-state index is 0. The van der Waals surface area contributed by atoms with Gasteiger partial charge in [0.05, 0.1) is 0 Å². The smallest absolute Gasteiger partial charge is 0.512 e. The van der Waals surface area contributed by atoms with Crippen molar-refractivity contribution in [2.24, 2.45) is 0 Å². The van der Waals surface area contributed by atoms with Crippen LogP contribution in [-0.2, 0) is 16.0 Å². The Bertz CT molecular complexity index is 75.5. The monoisotopic (exact) mass is 164 g/mol. The molecule has 0 aliphatic rings. The van der Waals surface area contributed by atoms with E-state index < -0.39 is 0 Å². The third-order valence-corrected chi connectivity index (χ3v) is 0. The minimum Gasteiger partial charge on any atom is -0.512 e. The van der Waals surface area contributed by atoms with Crippen molar-refractivity contribution < 1.29 is 45.6 Å². The van der Waals surface area contributed by atoms with Gasteiger partial charge in [-0.05, 0) is 0 Å². The van der Waals surface area contributed by atoms with E-state index in [0.29, 0.717) is 0 Å². The van der Waals surface area contributed by atoms with Crippen molar-refractivity contribution in [3.05, 3.63) is 13.1 Å². The molecule has 0 bridgehead atoms. The van der Waals surface area contributed by atoms with Crippen LogP contribution in [0.3, 0.4) is 0 Å². The summed E-state index contributed by atoms with van der Waals surface area (Å²) in [5.74, 6) is 0. The third-order valence-electron chi connectivity index (χ3n) is 0. The summed E-state index contributed by atoms with van der Waals surface area (Å²) < 4.78 is 0. The zero-order valence-corrected chi connectivity index (χ0v) is 7.08. The zero-order chi connectivity index (χ0) is 6.71. The fraction of sp³-hybridized carbons (Fsp3) is 0. The van der Waals surface area contributed by atoms with E-state index in [-0.39, 0.29) is 29.6 Å². The topological polar surface area (TPSA) is 71.4 Å². The molecule has 0 rings (SSSR count). The van der Waals surface area contributed by atoms with Crippen LogP contribution in [0.15, 0.2) is 0 Å². The summed E-state index contributed by atoms with van der Waals surface area (Å²) in [7, 11) is 0. The Morgan fingerprint density at radius 2 is 1.12 bits per heavy atom. The third kappa shape index (κ3) is 1350000. The van der Waals surface area contributed by atoms with Crippen LogP contribution in [-0.4, -0.2) is 0 Å². The Labute approximate surface area is 79.0 Å². The molecule has 0 saturated heterocycles. The SMILES string of the molecule is N#[C][Cu+].[C-]#N.[C-]#N.[Na+]. The molecule has 0 radical (unpaired) electrons. The van der Waals surface area contributed by atoms with Crippen molar-refractivity contribution >= 4 is 0 Å². The van der Waals surface area contributed by atoms with Crippen LogP contribution in [0.25, 0.3) is 0 Å². The predicted molar refractivity (Wildman–Crippen MR) is 15.5 cm³/mol. The standard InChI is InChI=1S/3CN.Cu.Na/c3*1-2;;/q;2*-1;2*+1. The molecule has 8 heavy (non-hydrogen) atoms. The Morgan fingerprint density at radius 1 is 1.12 bits per heavy atom. The zero-order valence-electron chi connectivity index (χ0n) is 4.14. The first-order valence-corrected chi connectivity index (χ1v) is 1.29. The van der Waals surface area contributed by atoms with Crippen molar-refractivity contribution in [3.63, 3.8) is 0 Å². The van der Waals surface area contributed by atoms with Crippen LogP contribution in [0.2, 0.25) is 0 Å². The van der Waals surface area contributed by atoms with Crippen molar-refractivity contribution in [1.29, 1.82) is 15.8 Å². The van der Waals surface area contributed by atoms with E-state index in [4.69, 9.17) is 28.9 Å². The van der Waals surface area contributed by atoms with Gasteiger partial charge in [0.25, 0.3) is 0 Å². The van der Waals surface area contributed by atoms with E-state index >= 15 is 0 Å². The fourth-order valence-electron chi connectivity index (χ4n) is 0. The average Bonchev–Trinajstić information content (AvgIpc) is 1.78. The molecule has 0 heterocycles. The molecule has 0 amide bonds. The minimum atomic E-state index is 0. The van der Waals surface area contributed by atoms with E-state index in [2.05, 4.69) is 16.0 Å². The number of hydrogen-bond donors (Lipinski definition) is 0. The molecule has 0 aromatic carbocycles. The fourth-order valence-corrected chi connectivity index (χ4v) is 0. The molecule has 0 aliphatic carbocycles. The van der Waals surface area contributed by atoms with Gasteiger partial charge in [0.15, 0.2) is 0 Å². The van der Waals surface area contributed by atoms with Crippen molar-refractivity contribution in [1.82, 2.24) is 0 Å². The summed E-state index contributed by atoms with van der Waals surface area (Å²) >= 11 is 3.81. The second kappa shape index (κ2) is 256. The van der Waals surface area contributed by atoms with Gasteiger partial charge in [-0.2, -0.15) is 0 Å². The summed E-state index contributed by atoms with van der Waals surface area (Å²) in [5.41, 5.74) is 0. The summed E-state index contributed by atoms with van der Waals surface area (Å²) in [5, 5.41) is 19.6. The summed E-state index contributed by atoms with van der Waals surface area (Å²) in [4.78, 5) is 1.31. The van der Waals surface area contributed by atoms with Gasteiger partial charge in [-0.1, -0.05) is 0 Å². The predicted octanol–water partition coefficient (Wildman–Crippen LogP) is -2.79. The van der Waals surface area contributed by atoms with Crippen LogP contribution >= 0.6 is 0 Å². The number of rotatable bonds is 0. The molecule has 0 unspecified atom stereocenters. The molecular formula is C3CuN3Na. The van der Waals surface area contributed by atoms with Gasteiger partial charge in [-0.3, -0.25) is 0 Å². The Balaban J connectivity index is -0.0000000147. The average molecular weight is 165 g/mol. The molecule has 0 fully saturated rings. The van der Waals surface area contributed by atoms with Gasteiger partial charge in [-0.15, -0.1) is 0 Å². The molecule has 0 saturated carbocycles. The van der Waals surface area contributed by atoms with E-state index in [9.17, 15) is 0 Å². The second-order valence-corrected chi connectivity index (χ2v) is 0.278. The summed E-state index contributed by atoms with van der Waals surface area (Å²) in [6.45, 7) is 9.50. The van der Waals surface area contributed by atoms with Gasteiger partial charge in [-0.25, -0.2) is 0 Å². The van der Waals surface area contributed by atoms with E-state index in [1.54, 1.807) is 0 Å². The maximum atomic E-state index is 7.12. The van der Waals surface area contributed by atoms with Gasteiger partial charge in [0.1, 0.15) is 0 Å². The molecular weight excluding hydrogens is 165 g/mol. The van der Waals surface area contributed by atoms with Crippen LogP contribution < -0.4 is 29.6 Å². The molecule has 0 spiro atoms. The first-order valence-electron chi connectivity index (χ1n) is 0.822. The van der Waals surface area contributed by atoms with Gasteiger partial charge in [0.2, 0.25) is 0 Å². The molecule has 0 aliphatic heterocycles. The Hall–Kier alpha value is -0.0105. The molecule has 39 valence electrons. The molecule has 5 heteroatoms. The van der Waals surface area contributed by atoms with Crippen LogP contribution in [0.5, 0.6) is 0 Å². The van der Waals surface area contributed by atoms with Crippen molar-refractivity contribution in [2.75, 3.05) is 0 Å². The Kier molecular flexibility index (Phi) is 785. The van der Waals surface area contributed by atoms with Crippen LogP contribution in [0.1, 0.15) is 0 Å². The van der Waals surface area contributed by atoms with Gasteiger partial charge >= 0.3 is 55.8 Å². The normalized spacial score (nSPS) is 1.62. The van der Waals surface area contributed by atoms with Gasteiger partial charge in [0, 0.05) is 0 Å². The Morgan fingerprint density at radius 3 is 1.12 bits per heavy atom. The summed E-state index contributed by atoms with van der Waals surface area (Å²) in [6.07, 6.45) is 0. The van der Waals surface area contributed by atoms with Crippen molar-refractivity contribution in [3.8, 4) is 4.97 Å². The maximum absolute atomic E-state index is 7.12. The maximum Gasteiger partial charge on any atom is 1.00 e. The molecule has 0 aromatic rings. The van der Waals surface area contributed by atoms with E-state index in [1.807, 2.05) is 0 Å². The van der Waals surface area contributed by atoms with E-state index in [0.717, 1.165) is 0 Å². The van der Waals surface area contributed by atoms with E-state index in [1.165, 1.54) is 4.97 Å². The van der Waals surface area contributed by atoms with Crippen molar-refractivity contribution in [2.45, 2.75) is 0 Å². The molecule has 3 nitrogen and oxygen atoms in total. The molecule has 0 N–H and O–H groups in total. The van der Waals surface area contributed by atoms with Crippen LogP contribution in [0.4, 0.5) is 0 Å². The number of nitrogens with zero attached hydrogens (tertiary/aromatic N) is 3. The second-order valence-electron chi connectivity index (χ2n) is 0.0674. The molecule has 0 aromatic heterocycles. The van der Waals surface area contributed by atoms with Crippen LogP contribution in [0, 0.1) is 33.9 Å². The first kappa shape index (κ1) is 24.5. The largest absolute Gasteiger partial charge is 1.00 e. The summed E-state index contributed by atoms with van der Waals surface area (Å²) in [6, 6.07) is 0. The number of hydrogen-bond acceptors (Lipinski definition) is 3. The first-order chi connectivity index (χ1) is 3.41. The quantitative estimate of drug-likeness (QED) is 0.287. The molecule has 0 atom stereocenters.